The molecule has 1 aliphatic rings. The molecule has 0 saturated carbocycles. The molecule has 0 aromatic carbocycles. The highest BCUT2D eigenvalue weighted by Crippen LogP contribution is 2.31. The lowest BCUT2D eigenvalue weighted by atomic mass is 10.0. The van der Waals surface area contributed by atoms with Gasteiger partial charge in [-0.2, -0.15) is 0 Å². The molecule has 1 amide bonds. The topological polar surface area (TPSA) is 106 Å². The second-order valence-corrected chi connectivity index (χ2v) is 6.65. The van der Waals surface area contributed by atoms with Crippen molar-refractivity contribution in [2.45, 2.75) is 25.7 Å². The first-order valence-electron chi connectivity index (χ1n) is 7.75. The maximum Gasteiger partial charge on any atom is 0.276 e. The first-order chi connectivity index (χ1) is 11.7. The molecule has 0 unspecified atom stereocenters. The summed E-state index contributed by atoms with van der Waals surface area (Å²) < 4.78 is 5.36. The Kier molecular flexibility index (Phi) is 3.95. The molecule has 3 aromatic heterocycles. The van der Waals surface area contributed by atoms with Gasteiger partial charge in [0.05, 0.1) is 5.39 Å². The molecule has 24 heavy (non-hydrogen) atoms. The van der Waals surface area contributed by atoms with Crippen molar-refractivity contribution in [2.24, 2.45) is 0 Å². The van der Waals surface area contributed by atoms with E-state index in [-0.39, 0.29) is 5.91 Å². The number of amides is 1. The van der Waals surface area contributed by atoms with Gasteiger partial charge in [-0.05, 0) is 25.8 Å². The summed E-state index contributed by atoms with van der Waals surface area (Å²) in [4.78, 5) is 24.1. The number of aromatic amines is 1. The lowest BCUT2D eigenvalue weighted by Gasteiger charge is -2.18. The molecule has 3 aromatic rings. The molecule has 124 valence electrons. The Balaban J connectivity index is 1.55. The van der Waals surface area contributed by atoms with E-state index in [1.54, 1.807) is 19.2 Å². The van der Waals surface area contributed by atoms with E-state index in [0.29, 0.717) is 33.6 Å². The fourth-order valence-corrected chi connectivity index (χ4v) is 3.68. The van der Waals surface area contributed by atoms with Crippen molar-refractivity contribution in [1.29, 1.82) is 0 Å². The Morgan fingerprint density at radius 1 is 1.33 bits per heavy atom. The van der Waals surface area contributed by atoms with E-state index in [1.165, 1.54) is 11.3 Å². The van der Waals surface area contributed by atoms with E-state index < -0.39 is 0 Å². The van der Waals surface area contributed by atoms with Crippen molar-refractivity contribution in [3.05, 3.63) is 28.8 Å². The normalized spacial score (nSPS) is 15.7. The zero-order valence-corrected chi connectivity index (χ0v) is 13.9. The molecule has 1 fully saturated rings. The third-order valence-corrected chi connectivity index (χ3v) is 4.98. The highest BCUT2D eigenvalue weighted by atomic mass is 32.1. The molecule has 0 aliphatic carbocycles. The van der Waals surface area contributed by atoms with Crippen molar-refractivity contribution >= 4 is 33.4 Å². The Hall–Kier alpha value is -2.39. The number of nitrogens with zero attached hydrogens (tertiary/aromatic N) is 4. The largest absolute Gasteiger partial charge is 0.381 e. The molecule has 2 N–H and O–H groups in total. The minimum Gasteiger partial charge on any atom is -0.381 e. The Morgan fingerprint density at radius 2 is 2.17 bits per heavy atom. The van der Waals surface area contributed by atoms with Gasteiger partial charge in [-0.3, -0.25) is 10.1 Å². The van der Waals surface area contributed by atoms with Crippen LogP contribution in [0.25, 0.3) is 11.0 Å². The quantitative estimate of drug-likeness (QED) is 0.755. The minimum absolute atomic E-state index is 0.306. The van der Waals surface area contributed by atoms with Crippen LogP contribution in [0.2, 0.25) is 0 Å². The maximum absolute atomic E-state index is 12.6. The Labute approximate surface area is 141 Å². The average Bonchev–Trinajstić information content (AvgIpc) is 3.24. The molecule has 0 bridgehead atoms. The van der Waals surface area contributed by atoms with Crippen LogP contribution in [-0.4, -0.2) is 44.3 Å². The summed E-state index contributed by atoms with van der Waals surface area (Å²) in [5, 5.41) is 13.2. The second kappa shape index (κ2) is 6.25. The van der Waals surface area contributed by atoms with Crippen LogP contribution in [0.15, 0.2) is 12.3 Å². The number of rotatable bonds is 3. The summed E-state index contributed by atoms with van der Waals surface area (Å²) in [5.74, 6) is 0.592. The van der Waals surface area contributed by atoms with Crippen LogP contribution in [0.5, 0.6) is 0 Å². The number of hydrogen-bond donors (Lipinski definition) is 2. The molecule has 1 aliphatic heterocycles. The van der Waals surface area contributed by atoms with Gasteiger partial charge in [0.2, 0.25) is 5.13 Å². The predicted octanol–water partition coefficient (Wildman–Crippen LogP) is 2.26. The van der Waals surface area contributed by atoms with E-state index in [9.17, 15) is 4.79 Å². The standard InChI is InChI=1S/C15H16N6O2S/c1-8-17-11(10-2-5-16-12(10)18-8)13(22)19-15-21-20-14(24-15)9-3-6-23-7-4-9/h2,5,9H,3-4,6-7H2,1H3,(H,16,17,18)(H,19,21,22). The van der Waals surface area contributed by atoms with Gasteiger partial charge in [0, 0.05) is 25.3 Å². The molecule has 0 radical (unpaired) electrons. The number of aromatic nitrogens is 5. The van der Waals surface area contributed by atoms with Crippen molar-refractivity contribution in [3.63, 3.8) is 0 Å². The number of aryl methyl sites for hydroxylation is 1. The third-order valence-electron chi connectivity index (χ3n) is 3.97. The SMILES string of the molecule is Cc1nc(C(=O)Nc2nnc(C3CCOCC3)s2)c2cc[nH]c2n1. The van der Waals surface area contributed by atoms with Gasteiger partial charge in [0.15, 0.2) is 0 Å². The summed E-state index contributed by atoms with van der Waals surface area (Å²) in [6.07, 6.45) is 3.62. The fourth-order valence-electron chi connectivity index (χ4n) is 2.78. The number of hydrogen-bond acceptors (Lipinski definition) is 7. The van der Waals surface area contributed by atoms with Crippen molar-refractivity contribution < 1.29 is 9.53 Å². The number of ether oxygens (including phenoxy) is 1. The van der Waals surface area contributed by atoms with Crippen LogP contribution in [0.4, 0.5) is 5.13 Å². The van der Waals surface area contributed by atoms with Gasteiger partial charge in [0.1, 0.15) is 22.2 Å². The smallest absolute Gasteiger partial charge is 0.276 e. The number of carbonyl (C=O) groups is 1. The van der Waals surface area contributed by atoms with Gasteiger partial charge in [-0.15, -0.1) is 10.2 Å². The summed E-state index contributed by atoms with van der Waals surface area (Å²) in [6.45, 7) is 3.25. The highest BCUT2D eigenvalue weighted by molar-refractivity contribution is 7.15. The predicted molar refractivity (Wildman–Crippen MR) is 89.3 cm³/mol. The van der Waals surface area contributed by atoms with Gasteiger partial charge >= 0.3 is 0 Å². The lowest BCUT2D eigenvalue weighted by molar-refractivity contribution is 0.0851. The number of nitrogens with one attached hydrogen (secondary N) is 2. The van der Waals surface area contributed by atoms with E-state index in [0.717, 1.165) is 31.1 Å². The van der Waals surface area contributed by atoms with Gasteiger partial charge in [0.25, 0.3) is 5.91 Å². The van der Waals surface area contributed by atoms with E-state index in [2.05, 4.69) is 30.5 Å². The van der Waals surface area contributed by atoms with Crippen molar-refractivity contribution in [2.75, 3.05) is 18.5 Å². The summed E-state index contributed by atoms with van der Waals surface area (Å²) in [5.41, 5.74) is 0.981. The highest BCUT2D eigenvalue weighted by Gasteiger charge is 2.21. The monoisotopic (exact) mass is 344 g/mol. The third kappa shape index (κ3) is 2.87. The average molecular weight is 344 g/mol. The van der Waals surface area contributed by atoms with Gasteiger partial charge in [-0.25, -0.2) is 9.97 Å². The van der Waals surface area contributed by atoms with Gasteiger partial charge in [-0.1, -0.05) is 11.3 Å². The molecule has 0 atom stereocenters. The second-order valence-electron chi connectivity index (χ2n) is 5.65. The molecule has 9 heteroatoms. The van der Waals surface area contributed by atoms with E-state index in [1.807, 2.05) is 0 Å². The molecule has 1 saturated heterocycles. The van der Waals surface area contributed by atoms with E-state index >= 15 is 0 Å². The van der Waals surface area contributed by atoms with Crippen LogP contribution >= 0.6 is 11.3 Å². The molecule has 0 spiro atoms. The molecular formula is C15H16N6O2S. The fraction of sp³-hybridized carbons (Fsp3) is 0.400. The van der Waals surface area contributed by atoms with E-state index in [4.69, 9.17) is 4.74 Å². The van der Waals surface area contributed by atoms with Crippen LogP contribution in [0, 0.1) is 6.92 Å². The van der Waals surface area contributed by atoms with Crippen LogP contribution < -0.4 is 5.32 Å². The van der Waals surface area contributed by atoms with Crippen LogP contribution in [0.1, 0.15) is 40.1 Å². The molecule has 4 rings (SSSR count). The summed E-state index contributed by atoms with van der Waals surface area (Å²) in [7, 11) is 0. The number of carbonyl (C=O) groups excluding carboxylic acids is 1. The zero-order chi connectivity index (χ0) is 16.5. The molecule has 4 heterocycles. The van der Waals surface area contributed by atoms with Crippen molar-refractivity contribution in [1.82, 2.24) is 25.1 Å². The number of fused-ring (bicyclic) bond motifs is 1. The van der Waals surface area contributed by atoms with Crippen molar-refractivity contribution in [3.8, 4) is 0 Å². The zero-order valence-electron chi connectivity index (χ0n) is 13.1. The van der Waals surface area contributed by atoms with Crippen LogP contribution in [0.3, 0.4) is 0 Å². The minimum atomic E-state index is -0.306. The maximum atomic E-state index is 12.6. The lowest BCUT2D eigenvalue weighted by Crippen LogP contribution is -2.15. The number of anilines is 1. The summed E-state index contributed by atoms with van der Waals surface area (Å²) in [6, 6.07) is 1.79. The Morgan fingerprint density at radius 3 is 3.00 bits per heavy atom. The van der Waals surface area contributed by atoms with Gasteiger partial charge < -0.3 is 9.72 Å². The first kappa shape index (κ1) is 15.2. The number of H-pyrrole nitrogens is 1. The van der Waals surface area contributed by atoms with Crippen LogP contribution in [-0.2, 0) is 4.74 Å². The molecular weight excluding hydrogens is 328 g/mol. The Bertz CT molecular complexity index is 883. The molecule has 8 nitrogen and oxygen atoms in total. The first-order valence-corrected chi connectivity index (χ1v) is 8.56. The summed E-state index contributed by atoms with van der Waals surface area (Å²) >= 11 is 1.41.